The van der Waals surface area contributed by atoms with Crippen molar-refractivity contribution < 1.29 is 53.3 Å². The average molecular weight is 498 g/mol. The van der Waals surface area contributed by atoms with Gasteiger partial charge >= 0.3 is 5.97 Å². The number of carbonyl (C=O) groups excluding carboxylic acids is 2. The molecule has 12 heteroatoms. The van der Waals surface area contributed by atoms with E-state index in [-0.39, 0.29) is 63.9 Å². The molecule has 0 radical (unpaired) electrons. The lowest BCUT2D eigenvalue weighted by Gasteiger charge is -2.21. The predicted octanol–water partition coefficient (Wildman–Crippen LogP) is 0.0848. The summed E-state index contributed by atoms with van der Waals surface area (Å²) in [4.78, 5) is 23.1. The first-order chi connectivity index (χ1) is 16.2. The fraction of sp³-hybridized carbons (Fsp3) is 0.818. The number of hydrogen-bond acceptors (Lipinski definition) is 11. The first-order valence-corrected chi connectivity index (χ1v) is 11.1. The zero-order valence-corrected chi connectivity index (χ0v) is 21.0. The maximum absolute atomic E-state index is 11.6. The molecule has 0 aromatic carbocycles. The normalized spacial score (nSPS) is 14.1. The number of methoxy groups -OCH3 is 3. The van der Waals surface area contributed by atoms with Gasteiger partial charge in [0.2, 0.25) is 5.91 Å². The Kier molecular flexibility index (Phi) is 23.2. The van der Waals surface area contributed by atoms with Crippen LogP contribution in [0, 0.1) is 0 Å². The Labute approximate surface area is 202 Å². The van der Waals surface area contributed by atoms with Crippen LogP contribution in [-0.4, -0.2) is 106 Å². The maximum Gasteiger partial charge on any atom is 0.306 e. The Balaban J connectivity index is 0. The topological polar surface area (TPSA) is 162 Å². The second-order valence-electron chi connectivity index (χ2n) is 6.91. The first-order valence-electron chi connectivity index (χ1n) is 11.1. The molecule has 1 amide bonds. The summed E-state index contributed by atoms with van der Waals surface area (Å²) in [7, 11) is 4.32. The Hall–Kier alpha value is -1.80. The summed E-state index contributed by atoms with van der Waals surface area (Å²) in [6.07, 6.45) is -0.734. The van der Waals surface area contributed by atoms with Gasteiger partial charge in [0.05, 0.1) is 52.1 Å². The molecule has 0 aromatic rings. The third-order valence-corrected chi connectivity index (χ3v) is 4.39. The van der Waals surface area contributed by atoms with Crippen molar-refractivity contribution in [2.24, 2.45) is 0 Å². The minimum absolute atomic E-state index is 0.00254. The van der Waals surface area contributed by atoms with Crippen molar-refractivity contribution in [2.45, 2.75) is 64.3 Å². The summed E-state index contributed by atoms with van der Waals surface area (Å²) in [6, 6.07) is 0. The molecule has 34 heavy (non-hydrogen) atoms. The number of carbonyl (C=O) groups is 2. The van der Waals surface area contributed by atoms with E-state index < -0.39 is 18.5 Å². The third-order valence-electron chi connectivity index (χ3n) is 4.39. The van der Waals surface area contributed by atoms with Crippen molar-refractivity contribution in [3.63, 3.8) is 0 Å². The van der Waals surface area contributed by atoms with Crippen LogP contribution in [0.3, 0.4) is 0 Å². The molecule has 0 rings (SSSR count). The van der Waals surface area contributed by atoms with Crippen molar-refractivity contribution in [1.29, 1.82) is 0 Å². The molecule has 0 saturated heterocycles. The summed E-state index contributed by atoms with van der Waals surface area (Å²) >= 11 is 0. The second kappa shape index (κ2) is 23.0. The van der Waals surface area contributed by atoms with E-state index in [0.717, 1.165) is 0 Å². The van der Waals surface area contributed by atoms with E-state index in [0.29, 0.717) is 18.6 Å². The molecule has 0 saturated carbocycles. The summed E-state index contributed by atoms with van der Waals surface area (Å²) in [5.74, 6) is -0.408. The highest BCUT2D eigenvalue weighted by molar-refractivity contribution is 5.81. The number of rotatable bonds is 19. The Morgan fingerprint density at radius 2 is 1.38 bits per heavy atom. The summed E-state index contributed by atoms with van der Waals surface area (Å²) in [6.45, 7) is 7.03. The Bertz CT molecular complexity index is 511. The fourth-order valence-corrected chi connectivity index (χ4v) is 2.11. The molecule has 0 heterocycles. The van der Waals surface area contributed by atoms with Gasteiger partial charge in [-0.05, 0) is 12.8 Å². The number of aliphatic hydroxyl groups is 3. The van der Waals surface area contributed by atoms with Crippen LogP contribution in [0.4, 0.5) is 0 Å². The minimum atomic E-state index is -0.755. The van der Waals surface area contributed by atoms with E-state index in [1.165, 1.54) is 21.3 Å². The fourth-order valence-electron chi connectivity index (χ4n) is 2.11. The molecule has 0 bridgehead atoms. The van der Waals surface area contributed by atoms with Crippen molar-refractivity contribution in [2.75, 3.05) is 54.3 Å². The molecule has 4 atom stereocenters. The van der Waals surface area contributed by atoms with E-state index in [1.54, 1.807) is 0 Å². The van der Waals surface area contributed by atoms with E-state index in [2.05, 4.69) is 11.9 Å². The highest BCUT2D eigenvalue weighted by Gasteiger charge is 2.17. The van der Waals surface area contributed by atoms with Crippen LogP contribution in [0.2, 0.25) is 0 Å². The van der Waals surface area contributed by atoms with Gasteiger partial charge in [-0.25, -0.2) is 0 Å². The monoisotopic (exact) mass is 497 g/mol. The van der Waals surface area contributed by atoms with Gasteiger partial charge in [-0.1, -0.05) is 20.4 Å². The molecule has 4 unspecified atom stereocenters. The van der Waals surface area contributed by atoms with Gasteiger partial charge in [-0.2, -0.15) is 0 Å². The Morgan fingerprint density at radius 3 is 1.79 bits per heavy atom. The number of aliphatic hydroxyl groups excluding tert-OH is 3. The lowest BCUT2D eigenvalue weighted by molar-refractivity contribution is -0.194. The van der Waals surface area contributed by atoms with Gasteiger partial charge in [0.1, 0.15) is 12.4 Å². The van der Waals surface area contributed by atoms with Crippen LogP contribution in [0.1, 0.15) is 39.5 Å². The van der Waals surface area contributed by atoms with Crippen molar-refractivity contribution in [1.82, 2.24) is 5.32 Å². The first kappa shape index (κ1) is 34.4. The number of esters is 1. The quantitative estimate of drug-likeness (QED) is 0.109. The molecular weight excluding hydrogens is 454 g/mol. The van der Waals surface area contributed by atoms with Crippen molar-refractivity contribution in [3.05, 3.63) is 12.3 Å². The SMILES string of the molecule is C=C(CNC(=O)CCC(=O)OCC(OC)OC(CC)CO)OC.CCC(CO)OC(CO)OC. The molecule has 0 aliphatic heterocycles. The van der Waals surface area contributed by atoms with Crippen LogP contribution >= 0.6 is 0 Å². The van der Waals surface area contributed by atoms with Crippen LogP contribution in [0.15, 0.2) is 12.3 Å². The zero-order chi connectivity index (χ0) is 26.4. The molecule has 0 spiro atoms. The highest BCUT2D eigenvalue weighted by Crippen LogP contribution is 2.05. The number of amides is 1. The maximum atomic E-state index is 11.6. The molecule has 4 N–H and O–H groups in total. The molecule has 0 aromatic heterocycles. The van der Waals surface area contributed by atoms with Gasteiger partial charge in [-0.3, -0.25) is 9.59 Å². The van der Waals surface area contributed by atoms with Gasteiger partial charge in [0.15, 0.2) is 12.6 Å². The third kappa shape index (κ3) is 18.6. The zero-order valence-electron chi connectivity index (χ0n) is 21.0. The number of hydrogen-bond donors (Lipinski definition) is 4. The highest BCUT2D eigenvalue weighted by atomic mass is 16.7. The van der Waals surface area contributed by atoms with Gasteiger partial charge in [-0.15, -0.1) is 0 Å². The molecular formula is C22H43NO11. The molecule has 0 aliphatic carbocycles. The van der Waals surface area contributed by atoms with E-state index in [4.69, 9.17) is 43.7 Å². The summed E-state index contributed by atoms with van der Waals surface area (Å²) in [5, 5.41) is 28.9. The van der Waals surface area contributed by atoms with Crippen molar-refractivity contribution >= 4 is 11.9 Å². The number of nitrogens with one attached hydrogen (secondary N) is 1. The van der Waals surface area contributed by atoms with Gasteiger partial charge in [0, 0.05) is 20.6 Å². The summed E-state index contributed by atoms with van der Waals surface area (Å²) in [5.41, 5.74) is 0. The van der Waals surface area contributed by atoms with Crippen LogP contribution < -0.4 is 5.32 Å². The minimum Gasteiger partial charge on any atom is -0.500 e. The molecule has 12 nitrogen and oxygen atoms in total. The molecule has 0 aliphatic rings. The smallest absolute Gasteiger partial charge is 0.306 e. The lowest BCUT2D eigenvalue weighted by Crippen LogP contribution is -2.31. The largest absolute Gasteiger partial charge is 0.500 e. The van der Waals surface area contributed by atoms with Gasteiger partial charge in [0.25, 0.3) is 0 Å². The van der Waals surface area contributed by atoms with Crippen LogP contribution in [0.25, 0.3) is 0 Å². The standard InChI is InChI=1S/C15H27NO7.C7H16O4/c1-5-12(9-17)23-15(21-4)10-22-14(19)7-6-13(18)16-8-11(2)20-3;1-3-6(4-8)11-7(5-9)10-2/h12,15,17H,2,5-10H2,1,3-4H3,(H,16,18);6-9H,3-5H2,1-2H3. The van der Waals surface area contributed by atoms with E-state index >= 15 is 0 Å². The van der Waals surface area contributed by atoms with Gasteiger partial charge < -0.3 is 49.1 Å². The van der Waals surface area contributed by atoms with Crippen molar-refractivity contribution in [3.8, 4) is 0 Å². The number of ether oxygens (including phenoxy) is 6. The van der Waals surface area contributed by atoms with E-state index in [1.807, 2.05) is 13.8 Å². The molecule has 202 valence electrons. The lowest BCUT2D eigenvalue weighted by atomic mass is 10.3. The second-order valence-corrected chi connectivity index (χ2v) is 6.91. The predicted molar refractivity (Wildman–Crippen MR) is 123 cm³/mol. The van der Waals surface area contributed by atoms with Crippen LogP contribution in [-0.2, 0) is 38.0 Å². The molecule has 0 fully saturated rings. The van der Waals surface area contributed by atoms with Crippen LogP contribution in [0.5, 0.6) is 0 Å². The summed E-state index contributed by atoms with van der Waals surface area (Å²) < 4.78 is 30.1. The van der Waals surface area contributed by atoms with E-state index in [9.17, 15) is 9.59 Å². The Morgan fingerprint density at radius 1 is 0.853 bits per heavy atom. The average Bonchev–Trinajstić information content (AvgIpc) is 2.87.